The molecule has 0 aliphatic heterocycles. The van der Waals surface area contributed by atoms with E-state index in [2.05, 4.69) is 10.3 Å². The average molecular weight is 405 g/mol. The highest BCUT2D eigenvalue weighted by atomic mass is 35.5. The highest BCUT2D eigenvalue weighted by molar-refractivity contribution is 7.17. The summed E-state index contributed by atoms with van der Waals surface area (Å²) in [7, 11) is 3.21. The third kappa shape index (κ3) is 4.17. The summed E-state index contributed by atoms with van der Waals surface area (Å²) in [6.07, 6.45) is 1.35. The van der Waals surface area contributed by atoms with Gasteiger partial charge in [0.2, 0.25) is 11.8 Å². The number of benzene rings is 1. The minimum atomic E-state index is -0.434. The number of aromatic nitrogens is 2. The van der Waals surface area contributed by atoms with E-state index in [1.807, 2.05) is 17.5 Å². The fraction of sp³-hybridized carbons (Fsp3) is 0.222. The zero-order chi connectivity index (χ0) is 19.6. The van der Waals surface area contributed by atoms with Crippen molar-refractivity contribution in [3.63, 3.8) is 0 Å². The number of thiophene rings is 1. The number of amides is 2. The van der Waals surface area contributed by atoms with Crippen LogP contribution in [-0.4, -0.2) is 46.9 Å². The fourth-order valence-electron chi connectivity index (χ4n) is 2.47. The molecule has 0 radical (unpaired) electrons. The van der Waals surface area contributed by atoms with Gasteiger partial charge in [0.1, 0.15) is 11.4 Å². The summed E-state index contributed by atoms with van der Waals surface area (Å²) in [5, 5.41) is 5.44. The number of halogens is 1. The Balaban J connectivity index is 1.87. The van der Waals surface area contributed by atoms with Crippen molar-refractivity contribution < 1.29 is 9.59 Å². The molecule has 1 N–H and O–H groups in total. The maximum absolute atomic E-state index is 12.9. The predicted molar refractivity (Wildman–Crippen MR) is 106 cm³/mol. The van der Waals surface area contributed by atoms with Crippen molar-refractivity contribution in [1.82, 2.24) is 19.8 Å². The first-order valence-electron chi connectivity index (χ1n) is 8.06. The molecule has 1 aromatic carbocycles. The maximum atomic E-state index is 12.9. The van der Waals surface area contributed by atoms with Gasteiger partial charge in [0.05, 0.1) is 18.3 Å². The molecule has 0 aliphatic carbocycles. The van der Waals surface area contributed by atoms with Gasteiger partial charge in [-0.1, -0.05) is 23.7 Å². The van der Waals surface area contributed by atoms with Gasteiger partial charge in [-0.3, -0.25) is 19.0 Å². The van der Waals surface area contributed by atoms with E-state index in [9.17, 15) is 14.4 Å². The van der Waals surface area contributed by atoms with Gasteiger partial charge >= 0.3 is 0 Å². The monoisotopic (exact) mass is 404 g/mol. The summed E-state index contributed by atoms with van der Waals surface area (Å²) >= 11 is 7.29. The lowest BCUT2D eigenvalue weighted by Crippen LogP contribution is -2.39. The van der Waals surface area contributed by atoms with Gasteiger partial charge in [0, 0.05) is 30.1 Å². The van der Waals surface area contributed by atoms with Crippen LogP contribution >= 0.6 is 22.9 Å². The van der Waals surface area contributed by atoms with Gasteiger partial charge in [-0.15, -0.1) is 11.3 Å². The molecule has 2 aromatic heterocycles. The number of hydrogen-bond acceptors (Lipinski definition) is 5. The number of carbonyl (C=O) groups is 2. The number of fused-ring (bicyclic) bond motifs is 1. The van der Waals surface area contributed by atoms with E-state index >= 15 is 0 Å². The molecule has 0 bridgehead atoms. The van der Waals surface area contributed by atoms with Gasteiger partial charge in [-0.2, -0.15) is 0 Å². The van der Waals surface area contributed by atoms with Crippen molar-refractivity contribution >= 4 is 45.0 Å². The molecule has 0 saturated heterocycles. The quantitative estimate of drug-likeness (QED) is 0.704. The second-order valence-electron chi connectivity index (χ2n) is 6.08. The molecule has 0 fully saturated rings. The lowest BCUT2D eigenvalue weighted by molar-refractivity contribution is -0.131. The molecule has 2 amide bonds. The number of hydrogen-bond donors (Lipinski definition) is 1. The molecule has 0 spiro atoms. The van der Waals surface area contributed by atoms with E-state index in [-0.39, 0.29) is 24.6 Å². The van der Waals surface area contributed by atoms with Crippen molar-refractivity contribution in [3.8, 4) is 11.1 Å². The van der Waals surface area contributed by atoms with E-state index in [4.69, 9.17) is 11.6 Å². The average Bonchev–Trinajstić information content (AvgIpc) is 3.07. The number of rotatable bonds is 5. The molecule has 3 rings (SSSR count). The Morgan fingerprint density at radius 3 is 2.63 bits per heavy atom. The van der Waals surface area contributed by atoms with E-state index in [0.717, 1.165) is 11.1 Å². The van der Waals surface area contributed by atoms with Crippen molar-refractivity contribution in [1.29, 1.82) is 0 Å². The second kappa shape index (κ2) is 7.89. The van der Waals surface area contributed by atoms with E-state index < -0.39 is 5.91 Å². The van der Waals surface area contributed by atoms with Gasteiger partial charge in [0.25, 0.3) is 5.56 Å². The summed E-state index contributed by atoms with van der Waals surface area (Å²) in [5.74, 6) is -0.663. The van der Waals surface area contributed by atoms with Crippen LogP contribution in [0.15, 0.2) is 40.8 Å². The Morgan fingerprint density at radius 1 is 1.26 bits per heavy atom. The van der Waals surface area contributed by atoms with E-state index in [1.165, 1.54) is 27.1 Å². The Labute approximate surface area is 164 Å². The Bertz CT molecular complexity index is 1060. The number of nitrogens with one attached hydrogen (secondary N) is 1. The van der Waals surface area contributed by atoms with Crippen LogP contribution < -0.4 is 10.9 Å². The van der Waals surface area contributed by atoms with Gasteiger partial charge in [-0.25, -0.2) is 4.98 Å². The van der Waals surface area contributed by atoms with Crippen molar-refractivity contribution in [2.75, 3.05) is 20.6 Å². The van der Waals surface area contributed by atoms with E-state index in [1.54, 1.807) is 26.2 Å². The Morgan fingerprint density at radius 2 is 1.96 bits per heavy atom. The number of carbonyl (C=O) groups excluding carboxylic acids is 2. The van der Waals surface area contributed by atoms with Gasteiger partial charge in [-0.05, 0) is 17.7 Å². The third-order valence-corrected chi connectivity index (χ3v) is 5.10. The first kappa shape index (κ1) is 19.1. The van der Waals surface area contributed by atoms with Crippen LogP contribution in [0.5, 0.6) is 0 Å². The molecular weight excluding hydrogens is 388 g/mol. The van der Waals surface area contributed by atoms with Crippen LogP contribution in [-0.2, 0) is 16.1 Å². The molecule has 0 unspecified atom stereocenters. The molecule has 9 heteroatoms. The fourth-order valence-corrected chi connectivity index (χ4v) is 3.50. The standard InChI is InChI=1S/C18H17ClN4O3S/c1-22(2)15(25)7-20-14(24)8-23-10-21-17-16(18(23)26)13(9-27-17)11-3-5-12(19)6-4-11/h3-6,9-10H,7-8H2,1-2H3,(H,20,24). The molecule has 140 valence electrons. The Kier molecular flexibility index (Phi) is 5.57. The molecule has 0 atom stereocenters. The van der Waals surface area contributed by atoms with Crippen LogP contribution in [0.2, 0.25) is 5.02 Å². The summed E-state index contributed by atoms with van der Waals surface area (Å²) in [5.41, 5.74) is 1.30. The van der Waals surface area contributed by atoms with Crippen LogP contribution in [0.1, 0.15) is 0 Å². The smallest absolute Gasteiger partial charge is 0.263 e. The van der Waals surface area contributed by atoms with Crippen molar-refractivity contribution in [2.24, 2.45) is 0 Å². The lowest BCUT2D eigenvalue weighted by atomic mass is 10.1. The molecule has 0 aliphatic rings. The molecule has 0 saturated carbocycles. The highest BCUT2D eigenvalue weighted by Gasteiger charge is 2.15. The maximum Gasteiger partial charge on any atom is 0.263 e. The SMILES string of the molecule is CN(C)C(=O)CNC(=O)Cn1cnc2scc(-c3ccc(Cl)cc3)c2c1=O. The van der Waals surface area contributed by atoms with Gasteiger partial charge in [0.15, 0.2) is 0 Å². The molecule has 2 heterocycles. The minimum Gasteiger partial charge on any atom is -0.347 e. The topological polar surface area (TPSA) is 84.3 Å². The molecular formula is C18H17ClN4O3S. The largest absolute Gasteiger partial charge is 0.347 e. The van der Waals surface area contributed by atoms with Crippen LogP contribution in [0.4, 0.5) is 0 Å². The zero-order valence-corrected chi connectivity index (χ0v) is 16.3. The van der Waals surface area contributed by atoms with Crippen molar-refractivity contribution in [2.45, 2.75) is 6.54 Å². The first-order chi connectivity index (χ1) is 12.9. The zero-order valence-electron chi connectivity index (χ0n) is 14.7. The predicted octanol–water partition coefficient (Wildman–Crippen LogP) is 1.98. The number of likely N-dealkylation sites (N-methyl/N-ethyl adjacent to an activating group) is 1. The summed E-state index contributed by atoms with van der Waals surface area (Å²) < 4.78 is 1.24. The van der Waals surface area contributed by atoms with Crippen LogP contribution in [0, 0.1) is 0 Å². The minimum absolute atomic E-state index is 0.120. The molecule has 27 heavy (non-hydrogen) atoms. The molecule has 7 nitrogen and oxygen atoms in total. The molecule has 3 aromatic rings. The summed E-state index contributed by atoms with van der Waals surface area (Å²) in [6, 6.07) is 7.18. The lowest BCUT2D eigenvalue weighted by Gasteiger charge is -2.11. The second-order valence-corrected chi connectivity index (χ2v) is 7.37. The third-order valence-electron chi connectivity index (χ3n) is 3.97. The van der Waals surface area contributed by atoms with Crippen molar-refractivity contribution in [3.05, 3.63) is 51.3 Å². The highest BCUT2D eigenvalue weighted by Crippen LogP contribution is 2.31. The van der Waals surface area contributed by atoms with Crippen LogP contribution in [0.25, 0.3) is 21.3 Å². The van der Waals surface area contributed by atoms with Crippen LogP contribution in [0.3, 0.4) is 0 Å². The normalized spacial score (nSPS) is 10.8. The summed E-state index contributed by atoms with van der Waals surface area (Å²) in [6.45, 7) is -0.330. The summed E-state index contributed by atoms with van der Waals surface area (Å²) in [4.78, 5) is 42.8. The Hall–Kier alpha value is -2.71. The number of nitrogens with zero attached hydrogens (tertiary/aromatic N) is 3. The first-order valence-corrected chi connectivity index (χ1v) is 9.32. The van der Waals surface area contributed by atoms with Gasteiger partial charge < -0.3 is 10.2 Å². The van der Waals surface area contributed by atoms with E-state index in [0.29, 0.717) is 15.2 Å².